The summed E-state index contributed by atoms with van der Waals surface area (Å²) in [5.74, 6) is -0.542. The molecule has 1 atom stereocenters. The highest BCUT2D eigenvalue weighted by molar-refractivity contribution is 5.86. The standard InChI is InChI=1S/C24H22N4O4/c1-15-6-5-9-20-22(15)25-14-28(24(20)31)13-21(29)26-27-23(30)16(2)32-19-11-10-17-7-3-4-8-18(17)12-19/h3-12,14,16H,13H2,1-2H3,(H,26,29)(H,27,30)/t16-/m1/s1. The number of fused-ring (bicyclic) bond motifs is 2. The number of amides is 2. The van der Waals surface area contributed by atoms with E-state index in [-0.39, 0.29) is 12.1 Å². The number of aromatic nitrogens is 2. The van der Waals surface area contributed by atoms with Crippen LogP contribution in [0, 0.1) is 6.92 Å². The minimum absolute atomic E-state index is 0.282. The number of para-hydroxylation sites is 1. The minimum Gasteiger partial charge on any atom is -0.481 e. The van der Waals surface area contributed by atoms with Crippen LogP contribution in [0.15, 0.2) is 71.8 Å². The SMILES string of the molecule is Cc1cccc2c(=O)n(CC(=O)NNC(=O)[C@@H](C)Oc3ccc4ccccc4c3)cnc12. The molecule has 0 aliphatic rings. The molecule has 162 valence electrons. The van der Waals surface area contributed by atoms with Gasteiger partial charge in [-0.3, -0.25) is 29.8 Å². The van der Waals surface area contributed by atoms with Crippen LogP contribution in [0.5, 0.6) is 5.75 Å². The van der Waals surface area contributed by atoms with Gasteiger partial charge in [-0.25, -0.2) is 4.98 Å². The predicted molar refractivity (Wildman–Crippen MR) is 121 cm³/mol. The molecule has 4 rings (SSSR count). The average molecular weight is 430 g/mol. The molecule has 0 aliphatic heterocycles. The molecule has 0 saturated carbocycles. The number of hydrogen-bond acceptors (Lipinski definition) is 5. The molecule has 1 aromatic heterocycles. The fraction of sp³-hybridized carbons (Fsp3) is 0.167. The molecule has 3 aromatic carbocycles. The highest BCUT2D eigenvalue weighted by Gasteiger charge is 2.16. The molecule has 2 N–H and O–H groups in total. The Balaban J connectivity index is 1.35. The van der Waals surface area contributed by atoms with E-state index in [1.54, 1.807) is 25.1 Å². The Morgan fingerprint density at radius 2 is 1.81 bits per heavy atom. The summed E-state index contributed by atoms with van der Waals surface area (Å²) in [6, 6.07) is 18.7. The molecule has 0 fully saturated rings. The maximum atomic E-state index is 12.6. The van der Waals surface area contributed by atoms with Crippen molar-refractivity contribution in [3.05, 3.63) is 82.9 Å². The van der Waals surface area contributed by atoms with Gasteiger partial charge in [-0.2, -0.15) is 0 Å². The molecule has 4 aromatic rings. The molecule has 0 aliphatic carbocycles. The van der Waals surface area contributed by atoms with Crippen molar-refractivity contribution in [1.82, 2.24) is 20.4 Å². The van der Waals surface area contributed by atoms with E-state index in [0.29, 0.717) is 16.7 Å². The van der Waals surface area contributed by atoms with Gasteiger partial charge in [-0.15, -0.1) is 0 Å². The van der Waals surface area contributed by atoms with Gasteiger partial charge < -0.3 is 4.74 Å². The fourth-order valence-electron chi connectivity index (χ4n) is 3.38. The third-order valence-corrected chi connectivity index (χ3v) is 5.10. The maximum absolute atomic E-state index is 12.6. The Labute approximate surface area is 183 Å². The molecule has 0 bridgehead atoms. The number of nitrogens with zero attached hydrogens (tertiary/aromatic N) is 2. The van der Waals surface area contributed by atoms with Gasteiger partial charge in [0.1, 0.15) is 12.3 Å². The summed E-state index contributed by atoms with van der Waals surface area (Å²) in [4.78, 5) is 41.4. The van der Waals surface area contributed by atoms with Crippen molar-refractivity contribution in [2.45, 2.75) is 26.5 Å². The van der Waals surface area contributed by atoms with E-state index in [0.717, 1.165) is 16.3 Å². The second-order valence-electron chi connectivity index (χ2n) is 7.46. The van der Waals surface area contributed by atoms with Crippen LogP contribution in [0.25, 0.3) is 21.7 Å². The summed E-state index contributed by atoms with van der Waals surface area (Å²) >= 11 is 0. The predicted octanol–water partition coefficient (Wildman–Crippen LogP) is 2.47. The molecule has 32 heavy (non-hydrogen) atoms. The van der Waals surface area contributed by atoms with Crippen molar-refractivity contribution in [1.29, 1.82) is 0 Å². The maximum Gasteiger partial charge on any atom is 0.279 e. The Hall–Kier alpha value is -4.20. The first-order valence-corrected chi connectivity index (χ1v) is 10.1. The van der Waals surface area contributed by atoms with Crippen LogP contribution < -0.4 is 21.1 Å². The zero-order chi connectivity index (χ0) is 22.7. The topological polar surface area (TPSA) is 102 Å². The lowest BCUT2D eigenvalue weighted by atomic mass is 10.1. The number of ether oxygens (including phenoxy) is 1. The summed E-state index contributed by atoms with van der Waals surface area (Å²) in [6.45, 7) is 3.16. The lowest BCUT2D eigenvalue weighted by molar-refractivity contribution is -0.133. The average Bonchev–Trinajstić information content (AvgIpc) is 2.79. The Bertz CT molecular complexity index is 1380. The van der Waals surface area contributed by atoms with E-state index in [2.05, 4.69) is 15.8 Å². The smallest absolute Gasteiger partial charge is 0.279 e. The number of nitrogens with one attached hydrogen (secondary N) is 2. The Morgan fingerprint density at radius 1 is 1.03 bits per heavy atom. The second kappa shape index (κ2) is 8.89. The van der Waals surface area contributed by atoms with Crippen LogP contribution in [0.3, 0.4) is 0 Å². The van der Waals surface area contributed by atoms with E-state index < -0.39 is 17.9 Å². The van der Waals surface area contributed by atoms with Crippen LogP contribution in [0.4, 0.5) is 0 Å². The number of hydrazine groups is 1. The molecule has 0 unspecified atom stereocenters. The van der Waals surface area contributed by atoms with Gasteiger partial charge in [0.25, 0.3) is 17.4 Å². The summed E-state index contributed by atoms with van der Waals surface area (Å²) in [5, 5.41) is 2.50. The fourth-order valence-corrected chi connectivity index (χ4v) is 3.38. The molecule has 2 amide bonds. The molecule has 8 nitrogen and oxygen atoms in total. The van der Waals surface area contributed by atoms with Gasteiger partial charge in [-0.05, 0) is 48.4 Å². The lowest BCUT2D eigenvalue weighted by Gasteiger charge is -2.16. The van der Waals surface area contributed by atoms with Crippen molar-refractivity contribution < 1.29 is 14.3 Å². The third-order valence-electron chi connectivity index (χ3n) is 5.10. The van der Waals surface area contributed by atoms with Crippen molar-refractivity contribution in [3.8, 4) is 5.75 Å². The van der Waals surface area contributed by atoms with Gasteiger partial charge in [0.05, 0.1) is 17.2 Å². The number of aryl methyl sites for hydroxylation is 1. The van der Waals surface area contributed by atoms with Gasteiger partial charge >= 0.3 is 0 Å². The first kappa shape index (κ1) is 21.0. The van der Waals surface area contributed by atoms with Gasteiger partial charge in [-0.1, -0.05) is 42.5 Å². The van der Waals surface area contributed by atoms with E-state index in [1.165, 1.54) is 10.9 Å². The van der Waals surface area contributed by atoms with E-state index in [4.69, 9.17) is 4.74 Å². The number of carbonyl (C=O) groups excluding carboxylic acids is 2. The molecular formula is C24H22N4O4. The van der Waals surface area contributed by atoms with Gasteiger partial charge in [0, 0.05) is 0 Å². The second-order valence-corrected chi connectivity index (χ2v) is 7.46. The summed E-state index contributed by atoms with van der Waals surface area (Å²) in [6.07, 6.45) is 0.481. The zero-order valence-electron chi connectivity index (χ0n) is 17.7. The molecular weight excluding hydrogens is 408 g/mol. The highest BCUT2D eigenvalue weighted by Crippen LogP contribution is 2.21. The molecule has 1 heterocycles. The third kappa shape index (κ3) is 4.44. The number of hydrogen-bond donors (Lipinski definition) is 2. The normalized spacial score (nSPS) is 11.8. The molecule has 8 heteroatoms. The summed E-state index contributed by atoms with van der Waals surface area (Å²) < 4.78 is 6.88. The van der Waals surface area contributed by atoms with Crippen molar-refractivity contribution in [2.24, 2.45) is 0 Å². The van der Waals surface area contributed by atoms with Crippen LogP contribution in [-0.2, 0) is 16.1 Å². The van der Waals surface area contributed by atoms with Crippen molar-refractivity contribution in [3.63, 3.8) is 0 Å². The Kier molecular flexibility index (Phi) is 5.85. The Morgan fingerprint density at radius 3 is 2.62 bits per heavy atom. The zero-order valence-corrected chi connectivity index (χ0v) is 17.7. The van der Waals surface area contributed by atoms with Gasteiger partial charge in [0.15, 0.2) is 6.10 Å². The first-order chi connectivity index (χ1) is 15.4. The van der Waals surface area contributed by atoms with Crippen molar-refractivity contribution >= 4 is 33.5 Å². The summed E-state index contributed by atoms with van der Waals surface area (Å²) in [7, 11) is 0. The number of carbonyl (C=O) groups is 2. The highest BCUT2D eigenvalue weighted by atomic mass is 16.5. The molecule has 0 saturated heterocycles. The first-order valence-electron chi connectivity index (χ1n) is 10.1. The lowest BCUT2D eigenvalue weighted by Crippen LogP contribution is -2.48. The summed E-state index contributed by atoms with van der Waals surface area (Å²) in [5.41, 5.74) is 5.79. The molecule has 0 radical (unpaired) electrons. The quantitative estimate of drug-likeness (QED) is 0.474. The van der Waals surface area contributed by atoms with Crippen LogP contribution in [-0.4, -0.2) is 27.5 Å². The van der Waals surface area contributed by atoms with E-state index in [1.807, 2.05) is 49.4 Å². The monoisotopic (exact) mass is 430 g/mol. The van der Waals surface area contributed by atoms with Crippen LogP contribution >= 0.6 is 0 Å². The minimum atomic E-state index is -0.843. The van der Waals surface area contributed by atoms with Crippen LogP contribution in [0.2, 0.25) is 0 Å². The van der Waals surface area contributed by atoms with Crippen molar-refractivity contribution in [2.75, 3.05) is 0 Å². The number of benzene rings is 3. The largest absolute Gasteiger partial charge is 0.481 e. The van der Waals surface area contributed by atoms with E-state index in [9.17, 15) is 14.4 Å². The van der Waals surface area contributed by atoms with E-state index >= 15 is 0 Å². The number of rotatable bonds is 5. The van der Waals surface area contributed by atoms with Gasteiger partial charge in [0.2, 0.25) is 0 Å². The van der Waals surface area contributed by atoms with Crippen LogP contribution in [0.1, 0.15) is 12.5 Å². The molecule has 0 spiro atoms.